The number of rotatable bonds is 8. The summed E-state index contributed by atoms with van der Waals surface area (Å²) in [5.41, 5.74) is 2.68. The first-order chi connectivity index (χ1) is 18.9. The Kier molecular flexibility index (Phi) is 7.88. The number of amides is 2. The standard InChI is InChI=1S/C29H29ClN6O3/c1-19(37)31-13-16-36(28-25-9-12-32-27(25)33-18-34-28)24-4-2-3-22(17-24)29(39)35-14-10-21(11-15-35)26(38)20-5-7-23(30)8-6-20/h2-9,12,17-18,21H,10-11,13-16H2,1H3,(H,31,37)(H,32,33,34). The van der Waals surface area contributed by atoms with E-state index in [9.17, 15) is 14.4 Å². The van der Waals surface area contributed by atoms with Crippen LogP contribution in [0.15, 0.2) is 67.1 Å². The van der Waals surface area contributed by atoms with E-state index in [0.717, 1.165) is 11.1 Å². The zero-order valence-electron chi connectivity index (χ0n) is 21.6. The van der Waals surface area contributed by atoms with Crippen LogP contribution in [-0.2, 0) is 4.79 Å². The average molecular weight is 545 g/mol. The maximum atomic E-state index is 13.5. The second-order valence-electron chi connectivity index (χ2n) is 9.56. The summed E-state index contributed by atoms with van der Waals surface area (Å²) < 4.78 is 0. The number of ketones is 1. The molecule has 0 atom stereocenters. The molecule has 1 saturated heterocycles. The molecule has 0 spiro atoms. The van der Waals surface area contributed by atoms with Crippen molar-refractivity contribution in [2.24, 2.45) is 5.92 Å². The molecule has 0 radical (unpaired) electrons. The maximum absolute atomic E-state index is 13.5. The van der Waals surface area contributed by atoms with Crippen molar-refractivity contribution in [3.63, 3.8) is 0 Å². The molecule has 2 N–H and O–H groups in total. The van der Waals surface area contributed by atoms with Gasteiger partial charge >= 0.3 is 0 Å². The summed E-state index contributed by atoms with van der Waals surface area (Å²) in [6, 6.07) is 16.3. The molecule has 2 amide bonds. The van der Waals surface area contributed by atoms with Gasteiger partial charge in [0.05, 0.1) is 5.39 Å². The molecule has 4 aromatic rings. The molecule has 0 bridgehead atoms. The lowest BCUT2D eigenvalue weighted by Gasteiger charge is -2.32. The number of nitrogens with one attached hydrogen (secondary N) is 2. The summed E-state index contributed by atoms with van der Waals surface area (Å²) in [7, 11) is 0. The van der Waals surface area contributed by atoms with Crippen LogP contribution in [0.1, 0.15) is 40.5 Å². The van der Waals surface area contributed by atoms with Crippen molar-refractivity contribution in [3.8, 4) is 0 Å². The Morgan fingerprint density at radius 1 is 1.05 bits per heavy atom. The van der Waals surface area contributed by atoms with Crippen molar-refractivity contribution in [2.75, 3.05) is 31.1 Å². The summed E-state index contributed by atoms with van der Waals surface area (Å²) in [6.07, 6.45) is 4.52. The van der Waals surface area contributed by atoms with Gasteiger partial charge in [-0.25, -0.2) is 9.97 Å². The number of benzene rings is 2. The Hall–Kier alpha value is -4.24. The molecule has 0 unspecified atom stereocenters. The van der Waals surface area contributed by atoms with E-state index in [1.807, 2.05) is 29.2 Å². The molecule has 200 valence electrons. The number of nitrogens with zero attached hydrogens (tertiary/aromatic N) is 4. The normalized spacial score (nSPS) is 13.8. The van der Waals surface area contributed by atoms with Gasteiger partial charge in [0.25, 0.3) is 5.91 Å². The fourth-order valence-electron chi connectivity index (χ4n) is 4.96. The first-order valence-corrected chi connectivity index (χ1v) is 13.3. The predicted molar refractivity (Wildman–Crippen MR) is 150 cm³/mol. The van der Waals surface area contributed by atoms with Gasteiger partial charge in [-0.05, 0) is 61.4 Å². The van der Waals surface area contributed by atoms with Crippen molar-refractivity contribution in [3.05, 3.63) is 83.3 Å². The zero-order valence-corrected chi connectivity index (χ0v) is 22.3. The third-order valence-corrected chi connectivity index (χ3v) is 7.24. The van der Waals surface area contributed by atoms with Gasteiger partial charge in [-0.2, -0.15) is 0 Å². The van der Waals surface area contributed by atoms with E-state index in [2.05, 4.69) is 20.3 Å². The van der Waals surface area contributed by atoms with Crippen molar-refractivity contribution >= 4 is 51.7 Å². The molecule has 10 heteroatoms. The van der Waals surface area contributed by atoms with E-state index in [4.69, 9.17) is 11.6 Å². The van der Waals surface area contributed by atoms with E-state index in [1.54, 1.807) is 41.4 Å². The molecule has 1 aliphatic heterocycles. The Labute approximate surface area is 231 Å². The Morgan fingerprint density at radius 3 is 2.56 bits per heavy atom. The number of aromatic nitrogens is 3. The van der Waals surface area contributed by atoms with Crippen molar-refractivity contribution < 1.29 is 14.4 Å². The summed E-state index contributed by atoms with van der Waals surface area (Å²) in [5, 5.41) is 4.27. The highest BCUT2D eigenvalue weighted by atomic mass is 35.5. The predicted octanol–water partition coefficient (Wildman–Crippen LogP) is 4.62. The van der Waals surface area contributed by atoms with E-state index in [-0.39, 0.29) is 23.5 Å². The van der Waals surface area contributed by atoms with Gasteiger partial charge in [-0.1, -0.05) is 17.7 Å². The largest absolute Gasteiger partial charge is 0.355 e. The lowest BCUT2D eigenvalue weighted by Crippen LogP contribution is -2.40. The van der Waals surface area contributed by atoms with Crippen LogP contribution < -0.4 is 10.2 Å². The quantitative estimate of drug-likeness (QED) is 0.313. The molecule has 2 aromatic heterocycles. The molecular formula is C29H29ClN6O3. The summed E-state index contributed by atoms with van der Waals surface area (Å²) in [4.78, 5) is 53.6. The molecular weight excluding hydrogens is 516 g/mol. The van der Waals surface area contributed by atoms with Crippen LogP contribution in [0, 0.1) is 5.92 Å². The minimum absolute atomic E-state index is 0.0782. The number of piperidine rings is 1. The van der Waals surface area contributed by atoms with E-state index in [0.29, 0.717) is 66.6 Å². The molecule has 39 heavy (non-hydrogen) atoms. The van der Waals surface area contributed by atoms with Crippen LogP contribution in [0.3, 0.4) is 0 Å². The van der Waals surface area contributed by atoms with Gasteiger partial charge in [-0.15, -0.1) is 0 Å². The zero-order chi connectivity index (χ0) is 27.4. The van der Waals surface area contributed by atoms with Crippen LogP contribution in [0.2, 0.25) is 5.02 Å². The van der Waals surface area contributed by atoms with Crippen LogP contribution in [0.4, 0.5) is 11.5 Å². The molecule has 0 aliphatic carbocycles. The van der Waals surface area contributed by atoms with E-state index < -0.39 is 0 Å². The van der Waals surface area contributed by atoms with Crippen LogP contribution in [0.5, 0.6) is 0 Å². The third-order valence-electron chi connectivity index (χ3n) is 6.98. The number of halogens is 1. The second-order valence-corrected chi connectivity index (χ2v) is 10.00. The first kappa shape index (κ1) is 26.4. The highest BCUT2D eigenvalue weighted by Gasteiger charge is 2.29. The number of hydrogen-bond donors (Lipinski definition) is 2. The number of Topliss-reactive ketones (excluding diaryl/α,β-unsaturated/α-hetero) is 1. The monoisotopic (exact) mass is 544 g/mol. The number of hydrogen-bond acceptors (Lipinski definition) is 6. The minimum atomic E-state index is -0.119. The lowest BCUT2D eigenvalue weighted by molar-refractivity contribution is -0.118. The minimum Gasteiger partial charge on any atom is -0.355 e. The number of fused-ring (bicyclic) bond motifs is 1. The fraction of sp³-hybridized carbons (Fsp3) is 0.276. The highest BCUT2D eigenvalue weighted by Crippen LogP contribution is 2.30. The van der Waals surface area contributed by atoms with Crippen molar-refractivity contribution in [1.82, 2.24) is 25.2 Å². The van der Waals surface area contributed by atoms with Gasteiger partial charge in [0, 0.05) is 67.1 Å². The van der Waals surface area contributed by atoms with Gasteiger partial charge in [0.1, 0.15) is 17.8 Å². The Morgan fingerprint density at radius 2 is 1.82 bits per heavy atom. The summed E-state index contributed by atoms with van der Waals surface area (Å²) in [6.45, 7) is 3.35. The number of aromatic amines is 1. The molecule has 1 aliphatic rings. The number of carbonyl (C=O) groups excluding carboxylic acids is 3. The van der Waals surface area contributed by atoms with Crippen LogP contribution >= 0.6 is 11.6 Å². The summed E-state index contributed by atoms with van der Waals surface area (Å²) >= 11 is 5.95. The van der Waals surface area contributed by atoms with Gasteiger partial charge in [0.15, 0.2) is 5.78 Å². The molecule has 2 aromatic carbocycles. The van der Waals surface area contributed by atoms with Crippen molar-refractivity contribution in [2.45, 2.75) is 19.8 Å². The topological polar surface area (TPSA) is 111 Å². The molecule has 0 saturated carbocycles. The summed E-state index contributed by atoms with van der Waals surface area (Å²) in [5.74, 6) is 0.457. The smallest absolute Gasteiger partial charge is 0.253 e. The van der Waals surface area contributed by atoms with Gasteiger partial charge in [0.2, 0.25) is 5.91 Å². The van der Waals surface area contributed by atoms with E-state index in [1.165, 1.54) is 13.3 Å². The fourth-order valence-corrected chi connectivity index (χ4v) is 5.08. The van der Waals surface area contributed by atoms with Crippen LogP contribution in [0.25, 0.3) is 11.0 Å². The molecule has 1 fully saturated rings. The number of H-pyrrole nitrogens is 1. The average Bonchev–Trinajstić information content (AvgIpc) is 3.45. The number of likely N-dealkylation sites (tertiary alicyclic amines) is 1. The Bertz CT molecular complexity index is 1490. The molecule has 3 heterocycles. The molecule has 9 nitrogen and oxygen atoms in total. The number of anilines is 2. The molecule has 5 rings (SSSR count). The first-order valence-electron chi connectivity index (χ1n) is 12.9. The number of carbonyl (C=O) groups is 3. The van der Waals surface area contributed by atoms with Gasteiger partial charge < -0.3 is 20.1 Å². The SMILES string of the molecule is CC(=O)NCCN(c1cccc(C(=O)N2CCC(C(=O)c3ccc(Cl)cc3)CC2)c1)c1ncnc2[nH]ccc12. The third kappa shape index (κ3) is 5.93. The van der Waals surface area contributed by atoms with Crippen molar-refractivity contribution in [1.29, 1.82) is 0 Å². The van der Waals surface area contributed by atoms with E-state index >= 15 is 0 Å². The Balaban J connectivity index is 1.32. The van der Waals surface area contributed by atoms with Gasteiger partial charge in [-0.3, -0.25) is 14.4 Å². The highest BCUT2D eigenvalue weighted by molar-refractivity contribution is 6.30. The lowest BCUT2D eigenvalue weighted by atomic mass is 9.88. The second kappa shape index (κ2) is 11.7. The van der Waals surface area contributed by atoms with Crippen LogP contribution in [-0.4, -0.2) is 63.6 Å². The maximum Gasteiger partial charge on any atom is 0.253 e.